The van der Waals surface area contributed by atoms with Gasteiger partial charge in [-0.25, -0.2) is 0 Å². The molecule has 0 saturated carbocycles. The topological polar surface area (TPSA) is 46.3 Å². The van der Waals surface area contributed by atoms with Crippen LogP contribution in [-0.4, -0.2) is 29.9 Å². The van der Waals surface area contributed by atoms with E-state index in [9.17, 15) is 4.79 Å². The van der Waals surface area contributed by atoms with Crippen LogP contribution in [0.4, 0.5) is 0 Å². The summed E-state index contributed by atoms with van der Waals surface area (Å²) >= 11 is 0. The van der Waals surface area contributed by atoms with Crippen molar-refractivity contribution in [3.8, 4) is 0 Å². The Morgan fingerprint density at radius 1 is 1.33 bits per heavy atom. The third-order valence-electron chi connectivity index (χ3n) is 3.57. The van der Waals surface area contributed by atoms with Gasteiger partial charge in [0.1, 0.15) is 0 Å². The fourth-order valence-corrected chi connectivity index (χ4v) is 2.39. The number of hydrogen-bond donors (Lipinski definition) is 1. The highest BCUT2D eigenvalue weighted by Crippen LogP contribution is 2.17. The van der Waals surface area contributed by atoms with Gasteiger partial charge in [-0.1, -0.05) is 26.0 Å². The Morgan fingerprint density at radius 3 is 2.56 bits per heavy atom. The molecular formula is C15H22N2O. The third-order valence-corrected chi connectivity index (χ3v) is 3.57. The van der Waals surface area contributed by atoms with Crippen LogP contribution in [0.5, 0.6) is 0 Å². The Hall–Kier alpha value is -1.35. The molecule has 0 radical (unpaired) electrons. The largest absolute Gasteiger partial charge is 0.337 e. The number of carbonyl (C=O) groups excluding carboxylic acids is 1. The van der Waals surface area contributed by atoms with Gasteiger partial charge < -0.3 is 10.6 Å². The first-order valence-electron chi connectivity index (χ1n) is 6.72. The molecule has 1 heterocycles. The average molecular weight is 246 g/mol. The molecule has 0 bridgehead atoms. The molecule has 1 atom stereocenters. The predicted molar refractivity (Wildman–Crippen MR) is 73.6 cm³/mol. The van der Waals surface area contributed by atoms with Gasteiger partial charge in [-0.15, -0.1) is 0 Å². The summed E-state index contributed by atoms with van der Waals surface area (Å²) < 4.78 is 0. The van der Waals surface area contributed by atoms with Crippen LogP contribution in [0, 0.1) is 0 Å². The van der Waals surface area contributed by atoms with Crippen molar-refractivity contribution in [2.24, 2.45) is 5.73 Å². The summed E-state index contributed by atoms with van der Waals surface area (Å²) in [5, 5.41) is 0. The molecule has 1 aromatic carbocycles. The summed E-state index contributed by atoms with van der Waals surface area (Å²) in [6.07, 6.45) is 2.03. The average Bonchev–Trinajstić information content (AvgIpc) is 2.38. The van der Waals surface area contributed by atoms with Crippen molar-refractivity contribution in [3.63, 3.8) is 0 Å². The zero-order valence-electron chi connectivity index (χ0n) is 11.2. The van der Waals surface area contributed by atoms with Gasteiger partial charge >= 0.3 is 0 Å². The maximum atomic E-state index is 12.3. The minimum atomic E-state index is 0.112. The van der Waals surface area contributed by atoms with E-state index in [1.807, 2.05) is 29.2 Å². The number of benzene rings is 1. The summed E-state index contributed by atoms with van der Waals surface area (Å²) in [6, 6.07) is 8.08. The molecule has 1 fully saturated rings. The zero-order chi connectivity index (χ0) is 13.1. The van der Waals surface area contributed by atoms with Crippen LogP contribution >= 0.6 is 0 Å². The second-order valence-corrected chi connectivity index (χ2v) is 5.43. The van der Waals surface area contributed by atoms with Crippen LogP contribution in [0.1, 0.15) is 48.5 Å². The minimum absolute atomic E-state index is 0.112. The molecule has 0 aromatic heterocycles. The van der Waals surface area contributed by atoms with E-state index in [0.29, 0.717) is 12.5 Å². The summed E-state index contributed by atoms with van der Waals surface area (Å²) in [5.41, 5.74) is 7.95. The highest BCUT2D eigenvalue weighted by Gasteiger charge is 2.22. The summed E-state index contributed by atoms with van der Waals surface area (Å²) in [7, 11) is 0. The van der Waals surface area contributed by atoms with Gasteiger partial charge in [0.25, 0.3) is 5.91 Å². The first kappa shape index (κ1) is 13.1. The molecule has 98 valence electrons. The summed E-state index contributed by atoms with van der Waals surface area (Å²) in [4.78, 5) is 14.2. The Labute approximate surface area is 109 Å². The SMILES string of the molecule is CC(C)c1ccc(C(=O)N2CCC[C@@H](N)C2)cc1. The van der Waals surface area contributed by atoms with Crippen molar-refractivity contribution in [3.05, 3.63) is 35.4 Å². The normalized spacial score (nSPS) is 20.2. The van der Waals surface area contributed by atoms with Gasteiger partial charge in [-0.05, 0) is 36.5 Å². The van der Waals surface area contributed by atoms with E-state index >= 15 is 0 Å². The van der Waals surface area contributed by atoms with E-state index in [2.05, 4.69) is 13.8 Å². The minimum Gasteiger partial charge on any atom is -0.337 e. The first-order valence-corrected chi connectivity index (χ1v) is 6.72. The Kier molecular flexibility index (Phi) is 4.02. The lowest BCUT2D eigenvalue weighted by Gasteiger charge is -2.30. The molecule has 1 aliphatic heterocycles. The van der Waals surface area contributed by atoms with Crippen molar-refractivity contribution in [2.75, 3.05) is 13.1 Å². The van der Waals surface area contributed by atoms with E-state index < -0.39 is 0 Å². The Morgan fingerprint density at radius 2 is 2.00 bits per heavy atom. The summed E-state index contributed by atoms with van der Waals surface area (Å²) in [5.74, 6) is 0.609. The van der Waals surface area contributed by atoms with Crippen LogP contribution in [0.25, 0.3) is 0 Å². The van der Waals surface area contributed by atoms with Crippen molar-refractivity contribution in [2.45, 2.75) is 38.6 Å². The second kappa shape index (κ2) is 5.53. The van der Waals surface area contributed by atoms with Crippen molar-refractivity contribution in [1.82, 2.24) is 4.90 Å². The van der Waals surface area contributed by atoms with Gasteiger partial charge in [-0.3, -0.25) is 4.79 Å². The zero-order valence-corrected chi connectivity index (χ0v) is 11.2. The molecule has 18 heavy (non-hydrogen) atoms. The highest BCUT2D eigenvalue weighted by molar-refractivity contribution is 5.94. The number of hydrogen-bond acceptors (Lipinski definition) is 2. The molecule has 1 aliphatic rings. The molecule has 3 nitrogen and oxygen atoms in total. The standard InChI is InChI=1S/C15H22N2O/c1-11(2)12-5-7-13(8-6-12)15(18)17-9-3-4-14(16)10-17/h5-8,11,14H,3-4,9-10,16H2,1-2H3/t14-/m1/s1. The van der Waals surface area contributed by atoms with Crippen molar-refractivity contribution >= 4 is 5.91 Å². The third kappa shape index (κ3) is 2.91. The highest BCUT2D eigenvalue weighted by atomic mass is 16.2. The number of likely N-dealkylation sites (tertiary alicyclic amines) is 1. The molecule has 0 unspecified atom stereocenters. The second-order valence-electron chi connectivity index (χ2n) is 5.43. The number of carbonyl (C=O) groups is 1. The van der Waals surface area contributed by atoms with E-state index in [1.54, 1.807) is 0 Å². The summed E-state index contributed by atoms with van der Waals surface area (Å²) in [6.45, 7) is 5.82. The molecule has 1 aromatic rings. The van der Waals surface area contributed by atoms with Crippen LogP contribution in [0.15, 0.2) is 24.3 Å². The van der Waals surface area contributed by atoms with E-state index in [0.717, 1.165) is 24.9 Å². The Bertz CT molecular complexity index is 411. The molecule has 2 N–H and O–H groups in total. The smallest absolute Gasteiger partial charge is 0.253 e. The number of amides is 1. The lowest BCUT2D eigenvalue weighted by atomic mass is 10.0. The lowest BCUT2D eigenvalue weighted by molar-refractivity contribution is 0.0709. The first-order chi connectivity index (χ1) is 8.58. The molecule has 1 saturated heterocycles. The molecule has 2 rings (SSSR count). The fraction of sp³-hybridized carbons (Fsp3) is 0.533. The van der Waals surface area contributed by atoms with Gasteiger partial charge in [0.15, 0.2) is 0 Å². The van der Waals surface area contributed by atoms with Crippen molar-refractivity contribution < 1.29 is 4.79 Å². The van der Waals surface area contributed by atoms with Crippen LogP contribution < -0.4 is 5.73 Å². The number of nitrogens with two attached hydrogens (primary N) is 1. The van der Waals surface area contributed by atoms with Gasteiger partial charge in [0.2, 0.25) is 0 Å². The van der Waals surface area contributed by atoms with Gasteiger partial charge in [0, 0.05) is 24.7 Å². The van der Waals surface area contributed by atoms with E-state index in [1.165, 1.54) is 5.56 Å². The van der Waals surface area contributed by atoms with Crippen LogP contribution in [0.2, 0.25) is 0 Å². The molecule has 3 heteroatoms. The molecule has 0 aliphatic carbocycles. The Balaban J connectivity index is 2.08. The van der Waals surface area contributed by atoms with Gasteiger partial charge in [-0.2, -0.15) is 0 Å². The fourth-order valence-electron chi connectivity index (χ4n) is 2.39. The number of nitrogens with zero attached hydrogens (tertiary/aromatic N) is 1. The number of rotatable bonds is 2. The van der Waals surface area contributed by atoms with Crippen LogP contribution in [0.3, 0.4) is 0 Å². The quantitative estimate of drug-likeness (QED) is 0.871. The van der Waals surface area contributed by atoms with Crippen molar-refractivity contribution in [1.29, 1.82) is 0 Å². The van der Waals surface area contributed by atoms with Crippen LogP contribution in [-0.2, 0) is 0 Å². The maximum Gasteiger partial charge on any atom is 0.253 e. The molecular weight excluding hydrogens is 224 g/mol. The predicted octanol–water partition coefficient (Wildman–Crippen LogP) is 2.37. The molecule has 1 amide bonds. The van der Waals surface area contributed by atoms with E-state index in [-0.39, 0.29) is 11.9 Å². The molecule has 0 spiro atoms. The number of piperidine rings is 1. The monoisotopic (exact) mass is 246 g/mol. The maximum absolute atomic E-state index is 12.3. The lowest BCUT2D eigenvalue weighted by Crippen LogP contribution is -2.45. The van der Waals surface area contributed by atoms with E-state index in [4.69, 9.17) is 5.73 Å². The van der Waals surface area contributed by atoms with Gasteiger partial charge in [0.05, 0.1) is 0 Å².